The standard InChI is InChI=1S/C15H19N3/c1-9-4-5-13(11(3)10(9)2)14-8-17-15(18-14)12-6-16-7-12/h4-5,8,12,16H,6-7H2,1-3H3,(H,17,18). The van der Waals surface area contributed by atoms with E-state index in [1.165, 1.54) is 22.3 Å². The largest absolute Gasteiger partial charge is 0.342 e. The number of nitrogens with one attached hydrogen (secondary N) is 2. The minimum absolute atomic E-state index is 0.561. The van der Waals surface area contributed by atoms with Crippen LogP contribution in [0.2, 0.25) is 0 Å². The highest BCUT2D eigenvalue weighted by molar-refractivity contribution is 5.65. The van der Waals surface area contributed by atoms with Gasteiger partial charge in [0.15, 0.2) is 0 Å². The maximum absolute atomic E-state index is 4.51. The van der Waals surface area contributed by atoms with E-state index in [1.54, 1.807) is 0 Å². The van der Waals surface area contributed by atoms with Crippen LogP contribution in [-0.2, 0) is 0 Å². The van der Waals surface area contributed by atoms with Gasteiger partial charge < -0.3 is 10.3 Å². The summed E-state index contributed by atoms with van der Waals surface area (Å²) in [5.74, 6) is 1.67. The Morgan fingerprint density at radius 2 is 1.89 bits per heavy atom. The maximum atomic E-state index is 4.51. The molecule has 1 aromatic heterocycles. The number of aromatic nitrogens is 2. The summed E-state index contributed by atoms with van der Waals surface area (Å²) < 4.78 is 0. The fourth-order valence-electron chi connectivity index (χ4n) is 2.41. The Kier molecular flexibility index (Phi) is 2.71. The smallest absolute Gasteiger partial charge is 0.112 e. The van der Waals surface area contributed by atoms with Crippen molar-refractivity contribution in [1.29, 1.82) is 0 Å². The zero-order chi connectivity index (χ0) is 12.7. The molecule has 0 amide bonds. The molecule has 3 heteroatoms. The second-order valence-corrected chi connectivity index (χ2v) is 5.22. The predicted molar refractivity (Wildman–Crippen MR) is 73.8 cm³/mol. The Morgan fingerprint density at radius 1 is 1.11 bits per heavy atom. The molecule has 18 heavy (non-hydrogen) atoms. The Balaban J connectivity index is 1.99. The van der Waals surface area contributed by atoms with E-state index in [0.717, 1.165) is 24.6 Å². The van der Waals surface area contributed by atoms with Gasteiger partial charge in [0, 0.05) is 24.6 Å². The van der Waals surface area contributed by atoms with E-state index in [4.69, 9.17) is 0 Å². The molecule has 1 fully saturated rings. The highest BCUT2D eigenvalue weighted by atomic mass is 15.0. The third-order valence-corrected chi connectivity index (χ3v) is 4.11. The lowest BCUT2D eigenvalue weighted by Crippen LogP contribution is -2.40. The summed E-state index contributed by atoms with van der Waals surface area (Å²) in [6.07, 6.45) is 1.96. The average molecular weight is 241 g/mol. The third-order valence-electron chi connectivity index (χ3n) is 4.11. The Hall–Kier alpha value is -1.61. The number of hydrogen-bond donors (Lipinski definition) is 2. The van der Waals surface area contributed by atoms with Gasteiger partial charge in [-0.2, -0.15) is 0 Å². The van der Waals surface area contributed by atoms with Gasteiger partial charge in [-0.25, -0.2) is 4.98 Å². The van der Waals surface area contributed by atoms with E-state index < -0.39 is 0 Å². The molecule has 0 unspecified atom stereocenters. The maximum Gasteiger partial charge on any atom is 0.112 e. The molecule has 2 N–H and O–H groups in total. The summed E-state index contributed by atoms with van der Waals surface area (Å²) in [7, 11) is 0. The number of H-pyrrole nitrogens is 1. The lowest BCUT2D eigenvalue weighted by atomic mass is 9.97. The molecule has 3 rings (SSSR count). The number of aryl methyl sites for hydroxylation is 1. The molecule has 0 radical (unpaired) electrons. The summed E-state index contributed by atoms with van der Waals surface area (Å²) in [6, 6.07) is 4.37. The summed E-state index contributed by atoms with van der Waals surface area (Å²) in [4.78, 5) is 7.98. The van der Waals surface area contributed by atoms with Crippen LogP contribution in [0.3, 0.4) is 0 Å². The van der Waals surface area contributed by atoms with Crippen molar-refractivity contribution in [3.8, 4) is 11.3 Å². The Labute approximate surface area is 108 Å². The molecule has 1 aliphatic heterocycles. The second kappa shape index (κ2) is 4.25. The first kappa shape index (κ1) is 11.5. The molecule has 1 aliphatic rings. The van der Waals surface area contributed by atoms with Crippen molar-refractivity contribution < 1.29 is 0 Å². The number of benzene rings is 1. The van der Waals surface area contributed by atoms with Gasteiger partial charge in [-0.3, -0.25) is 0 Å². The molecule has 2 aromatic rings. The van der Waals surface area contributed by atoms with Crippen LogP contribution in [0.1, 0.15) is 28.4 Å². The van der Waals surface area contributed by atoms with Crippen molar-refractivity contribution >= 4 is 0 Å². The average Bonchev–Trinajstić information content (AvgIpc) is 2.73. The fourth-order valence-corrected chi connectivity index (χ4v) is 2.41. The fraction of sp³-hybridized carbons (Fsp3) is 0.400. The first-order valence-electron chi connectivity index (χ1n) is 6.49. The summed E-state index contributed by atoms with van der Waals surface area (Å²) in [5.41, 5.74) is 6.46. The SMILES string of the molecule is Cc1ccc(-c2cnc(C3CNC3)[nH]2)c(C)c1C. The molecule has 0 atom stereocenters. The van der Waals surface area contributed by atoms with Crippen LogP contribution < -0.4 is 5.32 Å². The van der Waals surface area contributed by atoms with Crippen LogP contribution in [0, 0.1) is 20.8 Å². The van der Waals surface area contributed by atoms with E-state index in [-0.39, 0.29) is 0 Å². The lowest BCUT2D eigenvalue weighted by Gasteiger charge is -2.24. The Bertz CT molecular complexity index is 579. The molecule has 0 saturated carbocycles. The zero-order valence-electron chi connectivity index (χ0n) is 11.2. The van der Waals surface area contributed by atoms with Crippen LogP contribution in [0.25, 0.3) is 11.3 Å². The van der Waals surface area contributed by atoms with Crippen molar-refractivity contribution in [1.82, 2.24) is 15.3 Å². The van der Waals surface area contributed by atoms with Gasteiger partial charge in [0.05, 0.1) is 11.9 Å². The number of imidazole rings is 1. The number of rotatable bonds is 2. The first-order valence-corrected chi connectivity index (χ1v) is 6.49. The van der Waals surface area contributed by atoms with E-state index in [0.29, 0.717) is 5.92 Å². The molecular formula is C15H19N3. The second-order valence-electron chi connectivity index (χ2n) is 5.22. The van der Waals surface area contributed by atoms with Crippen LogP contribution in [0.15, 0.2) is 18.3 Å². The molecule has 2 heterocycles. The zero-order valence-corrected chi connectivity index (χ0v) is 11.2. The normalized spacial score (nSPS) is 15.7. The monoisotopic (exact) mass is 241 g/mol. The number of nitrogens with zero attached hydrogens (tertiary/aromatic N) is 1. The van der Waals surface area contributed by atoms with Crippen LogP contribution >= 0.6 is 0 Å². The molecule has 94 valence electrons. The third kappa shape index (κ3) is 1.75. The van der Waals surface area contributed by atoms with Crippen molar-refractivity contribution in [2.75, 3.05) is 13.1 Å². The van der Waals surface area contributed by atoms with E-state index in [1.807, 2.05) is 6.20 Å². The summed E-state index contributed by atoms with van der Waals surface area (Å²) in [5, 5.41) is 3.28. The van der Waals surface area contributed by atoms with Gasteiger partial charge in [-0.05, 0) is 37.5 Å². The molecule has 1 aromatic carbocycles. The van der Waals surface area contributed by atoms with Gasteiger partial charge in [0.25, 0.3) is 0 Å². The van der Waals surface area contributed by atoms with Crippen LogP contribution in [0.5, 0.6) is 0 Å². The number of hydrogen-bond acceptors (Lipinski definition) is 2. The van der Waals surface area contributed by atoms with Gasteiger partial charge in [0.1, 0.15) is 5.82 Å². The minimum atomic E-state index is 0.561. The molecule has 0 aliphatic carbocycles. The van der Waals surface area contributed by atoms with Crippen molar-refractivity contribution in [2.45, 2.75) is 26.7 Å². The minimum Gasteiger partial charge on any atom is -0.342 e. The summed E-state index contributed by atoms with van der Waals surface area (Å²) >= 11 is 0. The van der Waals surface area contributed by atoms with Gasteiger partial charge in [-0.1, -0.05) is 12.1 Å². The van der Waals surface area contributed by atoms with E-state index >= 15 is 0 Å². The molecule has 0 spiro atoms. The molecule has 0 bridgehead atoms. The topological polar surface area (TPSA) is 40.7 Å². The molecule has 3 nitrogen and oxygen atoms in total. The molecule has 1 saturated heterocycles. The van der Waals surface area contributed by atoms with Crippen molar-refractivity contribution in [3.63, 3.8) is 0 Å². The predicted octanol–water partition coefficient (Wildman–Crippen LogP) is 2.69. The van der Waals surface area contributed by atoms with Gasteiger partial charge >= 0.3 is 0 Å². The highest BCUT2D eigenvalue weighted by Crippen LogP contribution is 2.27. The number of aromatic amines is 1. The van der Waals surface area contributed by atoms with E-state index in [2.05, 4.69) is 48.2 Å². The van der Waals surface area contributed by atoms with Crippen LogP contribution in [0.4, 0.5) is 0 Å². The first-order chi connectivity index (χ1) is 8.66. The van der Waals surface area contributed by atoms with Gasteiger partial charge in [-0.15, -0.1) is 0 Å². The van der Waals surface area contributed by atoms with Gasteiger partial charge in [0.2, 0.25) is 0 Å². The highest BCUT2D eigenvalue weighted by Gasteiger charge is 2.22. The quantitative estimate of drug-likeness (QED) is 0.848. The molecular weight excluding hydrogens is 222 g/mol. The van der Waals surface area contributed by atoms with E-state index in [9.17, 15) is 0 Å². The summed E-state index contributed by atoms with van der Waals surface area (Å²) in [6.45, 7) is 8.60. The van der Waals surface area contributed by atoms with Crippen molar-refractivity contribution in [3.05, 3.63) is 40.8 Å². The van der Waals surface area contributed by atoms with Crippen LogP contribution in [-0.4, -0.2) is 23.1 Å². The lowest BCUT2D eigenvalue weighted by molar-refractivity contribution is 0.433. The Morgan fingerprint density at radius 3 is 2.56 bits per heavy atom. The van der Waals surface area contributed by atoms with Crippen molar-refractivity contribution in [2.24, 2.45) is 0 Å².